The van der Waals surface area contributed by atoms with E-state index >= 15 is 0 Å². The van der Waals surface area contributed by atoms with E-state index < -0.39 is 5.41 Å². The van der Waals surface area contributed by atoms with Crippen LogP contribution in [0.5, 0.6) is 0 Å². The minimum atomic E-state index is -0.506. The van der Waals surface area contributed by atoms with E-state index in [-0.39, 0.29) is 18.3 Å². The Labute approximate surface area is 138 Å². The van der Waals surface area contributed by atoms with E-state index in [0.29, 0.717) is 45.8 Å². The van der Waals surface area contributed by atoms with Gasteiger partial charge in [-0.25, -0.2) is 0 Å². The molecule has 5 nitrogen and oxygen atoms in total. The lowest BCUT2D eigenvalue weighted by atomic mass is 9.79. The summed E-state index contributed by atoms with van der Waals surface area (Å²) in [7, 11) is 0. The first kappa shape index (κ1) is 18.9. The quantitative estimate of drug-likeness (QED) is 0.840. The van der Waals surface area contributed by atoms with Gasteiger partial charge in [-0.2, -0.15) is 0 Å². The van der Waals surface area contributed by atoms with Crippen molar-refractivity contribution in [2.24, 2.45) is 11.1 Å². The van der Waals surface area contributed by atoms with Crippen molar-refractivity contribution in [3.05, 3.63) is 29.8 Å². The predicted octanol–water partition coefficient (Wildman–Crippen LogP) is 2.34. The summed E-state index contributed by atoms with van der Waals surface area (Å²) in [6.45, 7) is 4.72. The van der Waals surface area contributed by atoms with Crippen molar-refractivity contribution in [2.45, 2.75) is 26.4 Å². The molecule has 0 aromatic heterocycles. The molecule has 0 spiro atoms. The molecule has 6 heteroatoms. The van der Waals surface area contributed by atoms with Gasteiger partial charge in [0.2, 0.25) is 5.91 Å². The number of hydrogen-bond donors (Lipinski definition) is 2. The van der Waals surface area contributed by atoms with Crippen LogP contribution in [-0.4, -0.2) is 32.3 Å². The Bertz CT molecular complexity index is 476. The van der Waals surface area contributed by atoms with Gasteiger partial charge in [0.25, 0.3) is 0 Å². The molecule has 2 rings (SSSR count). The topological polar surface area (TPSA) is 73.6 Å². The lowest BCUT2D eigenvalue weighted by molar-refractivity contribution is -0.130. The molecule has 124 valence electrons. The van der Waals surface area contributed by atoms with Gasteiger partial charge >= 0.3 is 0 Å². The highest BCUT2D eigenvalue weighted by atomic mass is 35.5. The van der Waals surface area contributed by atoms with Crippen molar-refractivity contribution in [3.63, 3.8) is 0 Å². The number of halogens is 1. The third-order valence-corrected chi connectivity index (χ3v) is 3.98. The Balaban J connectivity index is 0.00000242. The highest BCUT2D eigenvalue weighted by Gasteiger charge is 2.38. The summed E-state index contributed by atoms with van der Waals surface area (Å²) in [5.41, 5.74) is 7.18. The average Bonchev–Trinajstić information content (AvgIpc) is 2.54. The van der Waals surface area contributed by atoms with Crippen LogP contribution in [0.25, 0.3) is 0 Å². The molecule has 0 saturated carbocycles. The lowest BCUT2D eigenvalue weighted by Crippen LogP contribution is -2.46. The summed E-state index contributed by atoms with van der Waals surface area (Å²) < 4.78 is 10.7. The summed E-state index contributed by atoms with van der Waals surface area (Å²) in [5.74, 6) is -0.0122. The molecular formula is C16H25ClN2O3. The first-order valence-electron chi connectivity index (χ1n) is 7.46. The summed E-state index contributed by atoms with van der Waals surface area (Å²) in [4.78, 5) is 12.6. The highest BCUT2D eigenvalue weighted by Crippen LogP contribution is 2.31. The van der Waals surface area contributed by atoms with Crippen molar-refractivity contribution < 1.29 is 14.3 Å². The number of carbonyl (C=O) groups is 1. The Hall–Kier alpha value is -1.14. The van der Waals surface area contributed by atoms with Gasteiger partial charge in [-0.15, -0.1) is 12.4 Å². The number of nitrogens with one attached hydrogen (secondary N) is 1. The zero-order valence-corrected chi connectivity index (χ0v) is 13.8. The molecule has 1 heterocycles. The van der Waals surface area contributed by atoms with Gasteiger partial charge in [-0.05, 0) is 37.5 Å². The minimum Gasteiger partial charge on any atom is -0.381 e. The van der Waals surface area contributed by atoms with Crippen LogP contribution in [-0.2, 0) is 20.9 Å². The Morgan fingerprint density at radius 2 is 2.14 bits per heavy atom. The van der Waals surface area contributed by atoms with Crippen LogP contribution >= 0.6 is 12.4 Å². The standard InChI is InChI=1S/C16H24N2O3.ClH/c1-2-20-11-13-4-3-5-14(10-13)18-15(19)16(12-17)6-8-21-9-7-16;/h3-5,10H,2,6-9,11-12,17H2,1H3,(H,18,19);1H. The van der Waals surface area contributed by atoms with Crippen molar-refractivity contribution in [1.82, 2.24) is 0 Å². The zero-order valence-electron chi connectivity index (χ0n) is 13.0. The van der Waals surface area contributed by atoms with E-state index in [1.807, 2.05) is 31.2 Å². The Morgan fingerprint density at radius 3 is 2.77 bits per heavy atom. The van der Waals surface area contributed by atoms with Crippen LogP contribution in [0.2, 0.25) is 0 Å². The highest BCUT2D eigenvalue weighted by molar-refractivity contribution is 5.95. The van der Waals surface area contributed by atoms with Crippen LogP contribution in [0.3, 0.4) is 0 Å². The molecule has 1 aliphatic rings. The van der Waals surface area contributed by atoms with E-state index in [4.69, 9.17) is 15.2 Å². The van der Waals surface area contributed by atoms with Crippen molar-refractivity contribution in [1.29, 1.82) is 0 Å². The molecule has 0 radical (unpaired) electrons. The fraction of sp³-hybridized carbons (Fsp3) is 0.562. The normalized spacial score (nSPS) is 16.6. The molecule has 1 saturated heterocycles. The van der Waals surface area contributed by atoms with Gasteiger partial charge in [0, 0.05) is 32.1 Å². The third-order valence-electron chi connectivity index (χ3n) is 3.98. The molecule has 0 atom stereocenters. The number of hydrogen-bond acceptors (Lipinski definition) is 4. The van der Waals surface area contributed by atoms with E-state index in [2.05, 4.69) is 5.32 Å². The van der Waals surface area contributed by atoms with E-state index in [9.17, 15) is 4.79 Å². The second-order valence-electron chi connectivity index (χ2n) is 5.39. The van der Waals surface area contributed by atoms with Crippen LogP contribution in [0.4, 0.5) is 5.69 Å². The zero-order chi connectivity index (χ0) is 15.1. The molecule has 1 amide bonds. The van der Waals surface area contributed by atoms with Gasteiger partial charge < -0.3 is 20.5 Å². The molecule has 3 N–H and O–H groups in total. The summed E-state index contributed by atoms with van der Waals surface area (Å²) in [5, 5.41) is 2.99. The fourth-order valence-corrected chi connectivity index (χ4v) is 2.51. The summed E-state index contributed by atoms with van der Waals surface area (Å²) in [6, 6.07) is 7.73. The molecule has 1 aromatic rings. The van der Waals surface area contributed by atoms with E-state index in [1.54, 1.807) is 0 Å². The molecule has 1 aliphatic heterocycles. The molecular weight excluding hydrogens is 304 g/mol. The maximum Gasteiger partial charge on any atom is 0.232 e. The molecule has 1 fully saturated rings. The van der Waals surface area contributed by atoms with Crippen LogP contribution in [0, 0.1) is 5.41 Å². The second kappa shape index (κ2) is 9.10. The van der Waals surface area contributed by atoms with Crippen LogP contribution < -0.4 is 11.1 Å². The molecule has 0 unspecified atom stereocenters. The number of rotatable bonds is 6. The van der Waals surface area contributed by atoms with E-state index in [0.717, 1.165) is 11.3 Å². The van der Waals surface area contributed by atoms with Crippen LogP contribution in [0.1, 0.15) is 25.3 Å². The van der Waals surface area contributed by atoms with E-state index in [1.165, 1.54) is 0 Å². The third kappa shape index (κ3) is 4.68. The number of amides is 1. The number of benzene rings is 1. The molecule has 0 aliphatic carbocycles. The lowest BCUT2D eigenvalue weighted by Gasteiger charge is -2.34. The average molecular weight is 329 g/mol. The maximum atomic E-state index is 12.6. The van der Waals surface area contributed by atoms with Crippen molar-refractivity contribution in [3.8, 4) is 0 Å². The van der Waals surface area contributed by atoms with Crippen molar-refractivity contribution >= 4 is 24.0 Å². The van der Waals surface area contributed by atoms with Gasteiger partial charge in [0.15, 0.2) is 0 Å². The Kier molecular flexibility index (Phi) is 7.82. The maximum absolute atomic E-state index is 12.6. The number of nitrogens with two attached hydrogens (primary N) is 1. The van der Waals surface area contributed by atoms with Gasteiger partial charge in [0.1, 0.15) is 0 Å². The largest absolute Gasteiger partial charge is 0.381 e. The monoisotopic (exact) mass is 328 g/mol. The minimum absolute atomic E-state index is 0. The predicted molar refractivity (Wildman–Crippen MR) is 89.2 cm³/mol. The second-order valence-corrected chi connectivity index (χ2v) is 5.39. The SMILES string of the molecule is CCOCc1cccc(NC(=O)C2(CN)CCOCC2)c1.Cl. The number of carbonyl (C=O) groups excluding carboxylic acids is 1. The molecule has 1 aromatic carbocycles. The van der Waals surface area contributed by atoms with Crippen LogP contribution in [0.15, 0.2) is 24.3 Å². The number of ether oxygens (including phenoxy) is 2. The summed E-state index contributed by atoms with van der Waals surface area (Å²) >= 11 is 0. The first-order valence-corrected chi connectivity index (χ1v) is 7.46. The first-order chi connectivity index (χ1) is 10.2. The smallest absolute Gasteiger partial charge is 0.232 e. The van der Waals surface area contributed by atoms with Crippen molar-refractivity contribution in [2.75, 3.05) is 31.7 Å². The summed E-state index contributed by atoms with van der Waals surface area (Å²) in [6.07, 6.45) is 1.35. The molecule has 22 heavy (non-hydrogen) atoms. The molecule has 0 bridgehead atoms. The number of anilines is 1. The Morgan fingerprint density at radius 1 is 1.41 bits per heavy atom. The fourth-order valence-electron chi connectivity index (χ4n) is 2.51. The van der Waals surface area contributed by atoms with Gasteiger partial charge in [-0.1, -0.05) is 12.1 Å². The van der Waals surface area contributed by atoms with Gasteiger partial charge in [0.05, 0.1) is 12.0 Å². The van der Waals surface area contributed by atoms with Gasteiger partial charge in [-0.3, -0.25) is 4.79 Å².